The Bertz CT molecular complexity index is 1790. The number of carbonyl (C=O) groups is 9. The number of alkyl halides is 3. The Morgan fingerprint density at radius 2 is 0.662 bits per heavy atom. The minimum Gasteiger partial charge on any atom is -0.463 e. The van der Waals surface area contributed by atoms with Crippen LogP contribution in [-0.2, 0) is 114 Å². The van der Waals surface area contributed by atoms with E-state index in [0.29, 0.717) is 0 Å². The van der Waals surface area contributed by atoms with Crippen molar-refractivity contribution in [1.29, 1.82) is 5.41 Å². The number of halogens is 3. The van der Waals surface area contributed by atoms with Gasteiger partial charge in [-0.1, -0.05) is 34.8 Å². The van der Waals surface area contributed by atoms with Crippen molar-refractivity contribution in [2.24, 2.45) is 0 Å². The molecular formula is C37H48Cl3NO24. The summed E-state index contributed by atoms with van der Waals surface area (Å²) in [5.74, 6) is -9.56. The predicted octanol–water partition coefficient (Wildman–Crippen LogP) is 0.575. The van der Waals surface area contributed by atoms with E-state index in [1.165, 1.54) is 0 Å². The number of carbonyl (C=O) groups excluding carboxylic acids is 9. The van der Waals surface area contributed by atoms with Crippen LogP contribution in [0.5, 0.6) is 0 Å². The molecule has 0 aliphatic carbocycles. The van der Waals surface area contributed by atoms with Crippen LogP contribution in [0.4, 0.5) is 0 Å². The fraction of sp³-hybridized carbons (Fsp3) is 0.730. The summed E-state index contributed by atoms with van der Waals surface area (Å²) in [7, 11) is 0. The number of hydrogen-bond acceptors (Lipinski definition) is 25. The minimum atomic E-state index is -2.58. The Kier molecular flexibility index (Phi) is 20.4. The topological polar surface area (TPSA) is 316 Å². The van der Waals surface area contributed by atoms with Gasteiger partial charge in [-0.25, -0.2) is 0 Å². The van der Waals surface area contributed by atoms with Crippen molar-refractivity contribution in [3.8, 4) is 0 Å². The fourth-order valence-electron chi connectivity index (χ4n) is 6.52. The third-order valence-corrected chi connectivity index (χ3v) is 9.20. The molecule has 0 aromatic heterocycles. The van der Waals surface area contributed by atoms with Gasteiger partial charge in [0.15, 0.2) is 55.3 Å². The number of hydrogen-bond donors (Lipinski definition) is 1. The van der Waals surface area contributed by atoms with Gasteiger partial charge in [0.25, 0.3) is 3.79 Å². The lowest BCUT2D eigenvalue weighted by molar-refractivity contribution is -0.344. The summed E-state index contributed by atoms with van der Waals surface area (Å²) < 4.78 is 82.4. The molecule has 3 heterocycles. The number of esters is 9. The maximum absolute atomic E-state index is 12.6. The molecular weight excluding hydrogens is 949 g/mol. The highest BCUT2D eigenvalue weighted by Crippen LogP contribution is 2.39. The molecule has 65 heavy (non-hydrogen) atoms. The lowest BCUT2D eigenvalue weighted by Crippen LogP contribution is -2.65. The standard InChI is InChI=1S/C37H48Cl3NO24/c1-13(42)51-10-22-25(54-16(4)45)28(56-18(6)47)31(58-20(8)49)33(60-22)63-27-24(12-53-15(3)44)62-35(65-36(41)37(38,39)40)30(27)64-34-32(59-21(9)50)29(57-19(7)48)26(55-17(5)46)23(61-34)11-52-14(2)43/h22-35,41H,10-12H2,1-9H3/t22-,23-,24-,25-,26-,27-,28+,29+,30+,31+,32+,33-,34-,35-/m1/s1. The van der Waals surface area contributed by atoms with Crippen molar-refractivity contribution in [3.63, 3.8) is 0 Å². The average molecular weight is 997 g/mol. The van der Waals surface area contributed by atoms with E-state index >= 15 is 0 Å². The van der Waals surface area contributed by atoms with E-state index in [1.807, 2.05) is 0 Å². The molecule has 0 spiro atoms. The van der Waals surface area contributed by atoms with Gasteiger partial charge in [-0.15, -0.1) is 0 Å². The van der Waals surface area contributed by atoms with Crippen LogP contribution >= 0.6 is 34.8 Å². The molecule has 366 valence electrons. The zero-order valence-corrected chi connectivity index (χ0v) is 38.4. The van der Waals surface area contributed by atoms with Crippen LogP contribution < -0.4 is 0 Å². The van der Waals surface area contributed by atoms with Crippen LogP contribution in [0.25, 0.3) is 0 Å². The number of rotatable bonds is 17. The molecule has 3 fully saturated rings. The molecule has 14 atom stereocenters. The van der Waals surface area contributed by atoms with Gasteiger partial charge in [-0.3, -0.25) is 48.6 Å². The SMILES string of the molecule is CC(=O)OC[C@H]1O[C@H](O[C@@H]2[C@@H](OC(=N)C(Cl)(Cl)Cl)O[C@H](COC(C)=O)[C@H]2O[C@H]2O[C@H](COC(C)=O)[C@@H](OC(C)=O)[C@H](OC(C)=O)[C@@H]2OC(C)=O)[C@@H](OC(C)=O)[C@@H](OC(C)=O)[C@@H]1OC(C)=O. The van der Waals surface area contributed by atoms with Gasteiger partial charge in [0.2, 0.25) is 12.2 Å². The van der Waals surface area contributed by atoms with E-state index in [-0.39, 0.29) is 0 Å². The first-order chi connectivity index (χ1) is 30.2. The maximum Gasteiger partial charge on any atom is 0.303 e. The molecule has 0 radical (unpaired) electrons. The van der Waals surface area contributed by atoms with Crippen LogP contribution in [0.3, 0.4) is 0 Å². The van der Waals surface area contributed by atoms with Crippen LogP contribution in [0.1, 0.15) is 62.3 Å². The molecule has 0 unspecified atom stereocenters. The zero-order chi connectivity index (χ0) is 49.1. The van der Waals surface area contributed by atoms with E-state index in [4.69, 9.17) is 111 Å². The average Bonchev–Trinajstić information content (AvgIpc) is 3.46. The molecule has 0 amide bonds. The molecule has 28 heteroatoms. The van der Waals surface area contributed by atoms with Gasteiger partial charge >= 0.3 is 53.7 Å². The quantitative estimate of drug-likeness (QED) is 0.0685. The van der Waals surface area contributed by atoms with Gasteiger partial charge in [0.1, 0.15) is 44.2 Å². The van der Waals surface area contributed by atoms with Crippen molar-refractivity contribution in [2.75, 3.05) is 19.8 Å². The summed E-state index contributed by atoms with van der Waals surface area (Å²) in [6.45, 7) is 6.84. The van der Waals surface area contributed by atoms with Crippen molar-refractivity contribution < 1.29 is 114 Å². The Morgan fingerprint density at radius 3 is 0.969 bits per heavy atom. The second-order valence-corrected chi connectivity index (χ2v) is 16.4. The lowest BCUT2D eigenvalue weighted by Gasteiger charge is -2.46. The fourth-order valence-corrected chi connectivity index (χ4v) is 6.65. The monoisotopic (exact) mass is 995 g/mol. The molecule has 3 aliphatic heterocycles. The van der Waals surface area contributed by atoms with Crippen molar-refractivity contribution in [3.05, 3.63) is 0 Å². The Hall–Kier alpha value is -4.63. The van der Waals surface area contributed by atoms with E-state index in [9.17, 15) is 43.2 Å². The van der Waals surface area contributed by atoms with E-state index in [1.54, 1.807) is 0 Å². The first-order valence-electron chi connectivity index (χ1n) is 19.2. The number of nitrogens with one attached hydrogen (secondary N) is 1. The third kappa shape index (κ3) is 16.6. The van der Waals surface area contributed by atoms with Gasteiger partial charge < -0.3 is 71.1 Å². The van der Waals surface area contributed by atoms with Gasteiger partial charge in [-0.05, 0) is 0 Å². The van der Waals surface area contributed by atoms with Crippen LogP contribution in [0.15, 0.2) is 0 Å². The largest absolute Gasteiger partial charge is 0.463 e. The molecule has 0 aromatic carbocycles. The van der Waals surface area contributed by atoms with E-state index < -0.39 is 169 Å². The Morgan fingerprint density at radius 1 is 0.385 bits per heavy atom. The smallest absolute Gasteiger partial charge is 0.303 e. The first-order valence-corrected chi connectivity index (χ1v) is 20.3. The van der Waals surface area contributed by atoms with E-state index in [2.05, 4.69) is 0 Å². The molecule has 0 saturated carbocycles. The second kappa shape index (κ2) is 24.2. The maximum atomic E-state index is 12.6. The van der Waals surface area contributed by atoms with Crippen LogP contribution in [-0.4, -0.2) is 169 Å². The molecule has 3 rings (SSSR count). The number of ether oxygens (including phenoxy) is 15. The highest BCUT2D eigenvalue weighted by Gasteiger charge is 2.60. The van der Waals surface area contributed by atoms with Crippen molar-refractivity contribution >= 4 is 94.4 Å². The molecule has 25 nitrogen and oxygen atoms in total. The minimum absolute atomic E-state index is 0.688. The van der Waals surface area contributed by atoms with Gasteiger partial charge in [0, 0.05) is 62.3 Å². The highest BCUT2D eigenvalue weighted by molar-refractivity contribution is 6.76. The lowest BCUT2D eigenvalue weighted by atomic mass is 9.97. The molecule has 0 bridgehead atoms. The third-order valence-electron chi connectivity index (χ3n) is 8.69. The van der Waals surface area contributed by atoms with E-state index in [0.717, 1.165) is 62.3 Å². The Balaban J connectivity index is 2.32. The normalized spacial score (nSPS) is 30.9. The highest BCUT2D eigenvalue weighted by atomic mass is 35.6. The summed E-state index contributed by atoms with van der Waals surface area (Å²) >= 11 is 17.8. The summed E-state index contributed by atoms with van der Waals surface area (Å²) in [6.07, 6.45) is -25.1. The summed E-state index contributed by atoms with van der Waals surface area (Å²) in [4.78, 5) is 111. The molecule has 0 aromatic rings. The first kappa shape index (κ1) is 54.7. The van der Waals surface area contributed by atoms with Crippen LogP contribution in [0, 0.1) is 5.41 Å². The zero-order valence-electron chi connectivity index (χ0n) is 36.1. The van der Waals surface area contributed by atoms with Gasteiger partial charge in [0.05, 0.1) is 0 Å². The van der Waals surface area contributed by atoms with Gasteiger partial charge in [-0.2, -0.15) is 0 Å². The summed E-state index contributed by atoms with van der Waals surface area (Å²) in [6, 6.07) is 0. The predicted molar refractivity (Wildman–Crippen MR) is 208 cm³/mol. The summed E-state index contributed by atoms with van der Waals surface area (Å²) in [5, 5.41) is 8.37. The molecule has 3 aliphatic rings. The molecule has 1 N–H and O–H groups in total. The molecule has 3 saturated heterocycles. The Labute approximate surface area is 385 Å². The van der Waals surface area contributed by atoms with Crippen molar-refractivity contribution in [1.82, 2.24) is 0 Å². The second-order valence-electron chi connectivity index (χ2n) is 14.1. The summed E-state index contributed by atoms with van der Waals surface area (Å²) in [5.41, 5.74) is 0. The van der Waals surface area contributed by atoms with Crippen LogP contribution in [0.2, 0.25) is 0 Å². The van der Waals surface area contributed by atoms with Crippen molar-refractivity contribution in [2.45, 2.75) is 152 Å².